The summed E-state index contributed by atoms with van der Waals surface area (Å²) in [6.07, 6.45) is 1.51. The van der Waals surface area contributed by atoms with Crippen molar-refractivity contribution >= 4 is 17.0 Å². The summed E-state index contributed by atoms with van der Waals surface area (Å²) < 4.78 is 6.74. The second-order valence-electron chi connectivity index (χ2n) is 6.48. The van der Waals surface area contributed by atoms with Crippen LogP contribution in [0.15, 0.2) is 33.5 Å². The van der Waals surface area contributed by atoms with E-state index in [0.717, 1.165) is 18.6 Å². The van der Waals surface area contributed by atoms with Crippen LogP contribution in [0.5, 0.6) is 0 Å². The molecule has 1 aliphatic rings. The monoisotopic (exact) mass is 302 g/mol. The molecule has 1 aromatic heterocycles. The number of para-hydroxylation sites is 2. The molecule has 1 saturated heterocycles. The molecule has 2 heterocycles. The number of benzene rings is 1. The maximum absolute atomic E-state index is 12.4. The number of rotatable bonds is 3. The van der Waals surface area contributed by atoms with Gasteiger partial charge in [-0.3, -0.25) is 9.36 Å². The average Bonchev–Trinajstić information content (AvgIpc) is 2.79. The number of likely N-dealkylation sites (tertiary alicyclic amines) is 1. The summed E-state index contributed by atoms with van der Waals surface area (Å²) in [5.74, 6) is 0.820. The molecule has 1 aliphatic heterocycles. The molecule has 0 radical (unpaired) electrons. The van der Waals surface area contributed by atoms with Crippen LogP contribution < -0.4 is 5.76 Å². The normalized spacial score (nSPS) is 22.2. The maximum Gasteiger partial charge on any atom is 0.419 e. The van der Waals surface area contributed by atoms with Crippen LogP contribution in [0, 0.1) is 11.8 Å². The zero-order chi connectivity index (χ0) is 15.7. The molecule has 1 amide bonds. The second-order valence-corrected chi connectivity index (χ2v) is 6.48. The lowest BCUT2D eigenvalue weighted by Gasteiger charge is -2.35. The molecule has 5 nitrogen and oxygen atoms in total. The Kier molecular flexibility index (Phi) is 4.05. The first-order chi connectivity index (χ1) is 10.5. The van der Waals surface area contributed by atoms with Crippen LogP contribution in [0.4, 0.5) is 0 Å². The number of carbonyl (C=O) groups is 1. The Hall–Kier alpha value is -2.04. The lowest BCUT2D eigenvalue weighted by Crippen LogP contribution is -2.43. The molecule has 2 atom stereocenters. The van der Waals surface area contributed by atoms with E-state index in [0.29, 0.717) is 30.4 Å². The van der Waals surface area contributed by atoms with E-state index in [1.165, 1.54) is 6.42 Å². The molecular formula is C17H22N2O3. The summed E-state index contributed by atoms with van der Waals surface area (Å²) in [4.78, 5) is 26.3. The molecule has 118 valence electrons. The molecule has 0 aliphatic carbocycles. The summed E-state index contributed by atoms with van der Waals surface area (Å²) in [6, 6.07) is 7.31. The fraction of sp³-hybridized carbons (Fsp3) is 0.529. The number of amides is 1. The molecule has 3 rings (SSSR count). The van der Waals surface area contributed by atoms with Gasteiger partial charge in [-0.1, -0.05) is 26.0 Å². The molecule has 0 saturated carbocycles. The van der Waals surface area contributed by atoms with Gasteiger partial charge >= 0.3 is 5.76 Å². The second kappa shape index (κ2) is 5.99. The van der Waals surface area contributed by atoms with Crippen LogP contribution >= 0.6 is 0 Å². The van der Waals surface area contributed by atoms with Crippen LogP contribution in [-0.4, -0.2) is 28.5 Å². The first-order valence-electron chi connectivity index (χ1n) is 7.90. The van der Waals surface area contributed by atoms with Crippen LogP contribution in [0.1, 0.15) is 26.7 Å². The van der Waals surface area contributed by atoms with Gasteiger partial charge in [0.05, 0.1) is 5.52 Å². The topological polar surface area (TPSA) is 55.5 Å². The van der Waals surface area contributed by atoms with Crippen molar-refractivity contribution in [3.8, 4) is 0 Å². The van der Waals surface area contributed by atoms with Crippen LogP contribution in [-0.2, 0) is 11.3 Å². The van der Waals surface area contributed by atoms with E-state index in [9.17, 15) is 9.59 Å². The fourth-order valence-corrected chi connectivity index (χ4v) is 3.46. The summed E-state index contributed by atoms with van der Waals surface area (Å²) in [5.41, 5.74) is 1.32. The maximum atomic E-state index is 12.4. The van der Waals surface area contributed by atoms with Gasteiger partial charge in [-0.2, -0.15) is 0 Å². The quantitative estimate of drug-likeness (QED) is 0.875. The third kappa shape index (κ3) is 2.93. The van der Waals surface area contributed by atoms with E-state index in [1.54, 1.807) is 10.6 Å². The van der Waals surface area contributed by atoms with Crippen molar-refractivity contribution in [2.24, 2.45) is 11.8 Å². The zero-order valence-electron chi connectivity index (χ0n) is 13.1. The van der Waals surface area contributed by atoms with Gasteiger partial charge in [0.2, 0.25) is 5.91 Å². The Bertz CT molecular complexity index is 721. The minimum atomic E-state index is -0.394. The summed E-state index contributed by atoms with van der Waals surface area (Å²) in [6.45, 7) is 6.39. The van der Waals surface area contributed by atoms with Gasteiger partial charge in [0, 0.05) is 26.1 Å². The van der Waals surface area contributed by atoms with Crippen molar-refractivity contribution in [1.29, 1.82) is 0 Å². The molecule has 0 N–H and O–H groups in total. The van der Waals surface area contributed by atoms with E-state index in [2.05, 4.69) is 13.8 Å². The number of aromatic nitrogens is 1. The molecule has 1 fully saturated rings. The van der Waals surface area contributed by atoms with Gasteiger partial charge in [-0.25, -0.2) is 4.79 Å². The predicted molar refractivity (Wildman–Crippen MR) is 84.6 cm³/mol. The number of fused-ring (bicyclic) bond motifs is 1. The summed E-state index contributed by atoms with van der Waals surface area (Å²) in [7, 11) is 0. The number of oxazole rings is 1. The van der Waals surface area contributed by atoms with Gasteiger partial charge in [0.25, 0.3) is 0 Å². The predicted octanol–water partition coefficient (Wildman–Crippen LogP) is 2.49. The number of hydrogen-bond donors (Lipinski definition) is 0. The largest absolute Gasteiger partial charge is 0.419 e. The van der Waals surface area contributed by atoms with E-state index in [4.69, 9.17) is 4.42 Å². The van der Waals surface area contributed by atoms with Crippen LogP contribution in [0.2, 0.25) is 0 Å². The summed E-state index contributed by atoms with van der Waals surface area (Å²) >= 11 is 0. The minimum absolute atomic E-state index is 0.121. The van der Waals surface area contributed by atoms with Gasteiger partial charge in [-0.05, 0) is 30.4 Å². The standard InChI is InChI=1S/C17H22N2O3/c1-12-9-13(2)11-18(10-12)16(20)7-8-19-14-5-3-4-6-15(14)22-17(19)21/h3-6,12-13H,7-11H2,1-2H3/t12-,13+. The molecule has 0 unspecified atom stereocenters. The molecule has 1 aromatic carbocycles. The van der Waals surface area contributed by atoms with Crippen molar-refractivity contribution < 1.29 is 9.21 Å². The minimum Gasteiger partial charge on any atom is -0.408 e. The zero-order valence-corrected chi connectivity index (χ0v) is 13.1. The van der Waals surface area contributed by atoms with Crippen LogP contribution in [0.25, 0.3) is 11.1 Å². The lowest BCUT2D eigenvalue weighted by molar-refractivity contribution is -0.134. The van der Waals surface area contributed by atoms with Crippen molar-refractivity contribution in [2.75, 3.05) is 13.1 Å². The van der Waals surface area contributed by atoms with Crippen molar-refractivity contribution in [1.82, 2.24) is 9.47 Å². The Morgan fingerprint density at radius 3 is 2.64 bits per heavy atom. The van der Waals surface area contributed by atoms with Gasteiger partial charge < -0.3 is 9.32 Å². The summed E-state index contributed by atoms with van der Waals surface area (Å²) in [5, 5.41) is 0. The Morgan fingerprint density at radius 2 is 1.91 bits per heavy atom. The van der Waals surface area contributed by atoms with Gasteiger partial charge in [-0.15, -0.1) is 0 Å². The molecule has 22 heavy (non-hydrogen) atoms. The highest BCUT2D eigenvalue weighted by Crippen LogP contribution is 2.21. The molecule has 0 spiro atoms. The number of nitrogens with zero attached hydrogens (tertiary/aromatic N) is 2. The number of carbonyl (C=O) groups excluding carboxylic acids is 1. The highest BCUT2D eigenvalue weighted by Gasteiger charge is 2.25. The first kappa shape index (κ1) is 14.9. The Morgan fingerprint density at radius 1 is 1.23 bits per heavy atom. The smallest absolute Gasteiger partial charge is 0.408 e. The van der Waals surface area contributed by atoms with Gasteiger partial charge in [0.1, 0.15) is 0 Å². The third-order valence-corrected chi connectivity index (χ3v) is 4.34. The molecule has 5 heteroatoms. The first-order valence-corrected chi connectivity index (χ1v) is 7.90. The van der Waals surface area contributed by atoms with E-state index >= 15 is 0 Å². The van der Waals surface area contributed by atoms with Crippen LogP contribution in [0.3, 0.4) is 0 Å². The fourth-order valence-electron chi connectivity index (χ4n) is 3.46. The number of piperidine rings is 1. The third-order valence-electron chi connectivity index (χ3n) is 4.34. The van der Waals surface area contributed by atoms with Crippen molar-refractivity contribution in [3.63, 3.8) is 0 Å². The number of hydrogen-bond acceptors (Lipinski definition) is 3. The van der Waals surface area contributed by atoms with E-state index in [1.807, 2.05) is 23.1 Å². The van der Waals surface area contributed by atoms with Crippen molar-refractivity contribution in [2.45, 2.75) is 33.2 Å². The van der Waals surface area contributed by atoms with Crippen molar-refractivity contribution in [3.05, 3.63) is 34.8 Å². The lowest BCUT2D eigenvalue weighted by atomic mass is 9.92. The Labute approximate surface area is 129 Å². The molecular weight excluding hydrogens is 280 g/mol. The Balaban J connectivity index is 1.70. The van der Waals surface area contributed by atoms with Gasteiger partial charge in [0.15, 0.2) is 5.58 Å². The highest BCUT2D eigenvalue weighted by atomic mass is 16.4. The SMILES string of the molecule is C[C@@H]1C[C@H](C)CN(C(=O)CCn2c(=O)oc3ccccc32)C1. The highest BCUT2D eigenvalue weighted by molar-refractivity contribution is 5.77. The molecule has 0 bridgehead atoms. The van der Waals surface area contributed by atoms with E-state index in [-0.39, 0.29) is 5.91 Å². The van der Waals surface area contributed by atoms with E-state index < -0.39 is 5.76 Å². The number of aryl methyl sites for hydroxylation is 1. The molecule has 2 aromatic rings. The average molecular weight is 302 g/mol.